The number of nitrogens with one attached hydrogen (secondary N) is 1. The summed E-state index contributed by atoms with van der Waals surface area (Å²) in [5, 5.41) is 1.36. The van der Waals surface area contributed by atoms with Crippen molar-refractivity contribution >= 4 is 27.8 Å². The number of likely N-dealkylation sites (tertiary alicyclic amines) is 1. The van der Waals surface area contributed by atoms with Crippen molar-refractivity contribution in [1.29, 1.82) is 0 Å². The lowest BCUT2D eigenvalue weighted by atomic mass is 10.1. The van der Waals surface area contributed by atoms with Crippen LogP contribution in [0.1, 0.15) is 35.1 Å². The van der Waals surface area contributed by atoms with E-state index in [-0.39, 0.29) is 17.5 Å². The number of aromatic nitrogens is 4. The van der Waals surface area contributed by atoms with Gasteiger partial charge in [0.15, 0.2) is 0 Å². The molecule has 0 radical (unpaired) electrons. The largest absolute Gasteiger partial charge is 0.383 e. The Morgan fingerprint density at radius 3 is 2.94 bits per heavy atom. The van der Waals surface area contributed by atoms with E-state index in [1.165, 1.54) is 0 Å². The molecular formula is C23H23N5O3. The van der Waals surface area contributed by atoms with E-state index in [1.807, 2.05) is 35.2 Å². The molecule has 1 unspecified atom stereocenters. The molecule has 5 rings (SSSR count). The standard InChI is InChI=1S/C23H23N5O3/c1-31-13-12-28-21(26-18-8-3-2-6-16(18)22(28)29)19-9-5-11-27(19)23(30)17-14-25-20-15(17)7-4-10-24-20/h2-4,6-8,10,14,19H,5,9,11-13H2,1H3,(H,24,25). The van der Waals surface area contributed by atoms with Crippen LogP contribution in [-0.2, 0) is 11.3 Å². The first-order valence-corrected chi connectivity index (χ1v) is 10.4. The van der Waals surface area contributed by atoms with Crippen molar-refractivity contribution in [3.8, 4) is 0 Å². The Morgan fingerprint density at radius 2 is 2.06 bits per heavy atom. The number of ether oxygens (including phenoxy) is 1. The molecule has 31 heavy (non-hydrogen) atoms. The lowest BCUT2D eigenvalue weighted by Gasteiger charge is -2.26. The van der Waals surface area contributed by atoms with Crippen molar-refractivity contribution in [2.75, 3.05) is 20.3 Å². The quantitative estimate of drug-likeness (QED) is 0.539. The summed E-state index contributed by atoms with van der Waals surface area (Å²) in [5.74, 6) is 0.534. The van der Waals surface area contributed by atoms with Gasteiger partial charge in [0, 0.05) is 31.4 Å². The minimum atomic E-state index is -0.275. The van der Waals surface area contributed by atoms with Gasteiger partial charge in [-0.2, -0.15) is 0 Å². The van der Waals surface area contributed by atoms with Crippen LogP contribution in [0.2, 0.25) is 0 Å². The Morgan fingerprint density at radius 1 is 1.23 bits per heavy atom. The second-order valence-corrected chi connectivity index (χ2v) is 7.70. The summed E-state index contributed by atoms with van der Waals surface area (Å²) in [6.45, 7) is 1.39. The molecule has 1 aliphatic rings. The number of hydrogen-bond donors (Lipinski definition) is 1. The molecule has 8 heteroatoms. The third-order valence-electron chi connectivity index (χ3n) is 5.90. The molecule has 0 spiro atoms. The Kier molecular flexibility index (Phi) is 4.99. The molecule has 0 bridgehead atoms. The van der Waals surface area contributed by atoms with E-state index in [0.717, 1.165) is 18.2 Å². The highest BCUT2D eigenvalue weighted by molar-refractivity contribution is 6.06. The number of para-hydroxylation sites is 1. The van der Waals surface area contributed by atoms with Crippen LogP contribution in [0, 0.1) is 0 Å². The highest BCUT2D eigenvalue weighted by atomic mass is 16.5. The zero-order valence-electron chi connectivity index (χ0n) is 17.2. The van der Waals surface area contributed by atoms with E-state index in [9.17, 15) is 9.59 Å². The molecule has 1 aliphatic heterocycles. The number of aromatic amines is 1. The smallest absolute Gasteiger partial charge is 0.261 e. The van der Waals surface area contributed by atoms with Gasteiger partial charge in [-0.15, -0.1) is 0 Å². The number of fused-ring (bicyclic) bond motifs is 2. The SMILES string of the molecule is COCCn1c(C2CCCN2C(=O)c2c[nH]c3ncccc23)nc2ccccc2c1=O. The van der Waals surface area contributed by atoms with E-state index < -0.39 is 0 Å². The van der Waals surface area contributed by atoms with Gasteiger partial charge >= 0.3 is 0 Å². The second-order valence-electron chi connectivity index (χ2n) is 7.70. The van der Waals surface area contributed by atoms with Crippen molar-refractivity contribution in [3.05, 3.63) is 70.5 Å². The third kappa shape index (κ3) is 3.29. The Bertz CT molecular complexity index is 1330. The summed E-state index contributed by atoms with van der Waals surface area (Å²) in [7, 11) is 1.61. The number of pyridine rings is 1. The lowest BCUT2D eigenvalue weighted by molar-refractivity contribution is 0.0727. The highest BCUT2D eigenvalue weighted by Gasteiger charge is 2.35. The number of H-pyrrole nitrogens is 1. The monoisotopic (exact) mass is 417 g/mol. The van der Waals surface area contributed by atoms with Crippen LogP contribution in [0.25, 0.3) is 21.9 Å². The molecule has 0 saturated carbocycles. The summed E-state index contributed by atoms with van der Waals surface area (Å²) in [4.78, 5) is 40.8. The summed E-state index contributed by atoms with van der Waals surface area (Å²) >= 11 is 0. The molecule has 1 amide bonds. The number of methoxy groups -OCH3 is 1. The number of benzene rings is 1. The molecule has 4 heterocycles. The zero-order valence-corrected chi connectivity index (χ0v) is 17.2. The minimum absolute atomic E-state index is 0.0811. The first-order valence-electron chi connectivity index (χ1n) is 10.4. The number of amides is 1. The molecule has 1 saturated heterocycles. The molecule has 3 aromatic heterocycles. The van der Waals surface area contributed by atoms with E-state index in [0.29, 0.717) is 47.6 Å². The number of hydrogen-bond acceptors (Lipinski definition) is 5. The number of rotatable bonds is 5. The van der Waals surface area contributed by atoms with Gasteiger partial charge in [0.05, 0.1) is 35.7 Å². The fourth-order valence-corrected chi connectivity index (χ4v) is 4.40. The van der Waals surface area contributed by atoms with Gasteiger partial charge < -0.3 is 14.6 Å². The maximum Gasteiger partial charge on any atom is 0.261 e. The summed E-state index contributed by atoms with van der Waals surface area (Å²) < 4.78 is 6.90. The van der Waals surface area contributed by atoms with Gasteiger partial charge in [0.2, 0.25) is 0 Å². The average molecular weight is 417 g/mol. The van der Waals surface area contributed by atoms with Crippen LogP contribution < -0.4 is 5.56 Å². The van der Waals surface area contributed by atoms with Crippen molar-refractivity contribution in [3.63, 3.8) is 0 Å². The van der Waals surface area contributed by atoms with Gasteiger partial charge in [-0.3, -0.25) is 14.2 Å². The summed E-state index contributed by atoms with van der Waals surface area (Å²) in [5.41, 5.74) is 1.81. The van der Waals surface area contributed by atoms with Gasteiger partial charge in [-0.05, 0) is 37.1 Å². The van der Waals surface area contributed by atoms with Crippen LogP contribution in [0.15, 0.2) is 53.6 Å². The van der Waals surface area contributed by atoms with Crippen molar-refractivity contribution in [1.82, 2.24) is 24.4 Å². The van der Waals surface area contributed by atoms with E-state index in [2.05, 4.69) is 9.97 Å². The number of carbonyl (C=O) groups is 1. The lowest BCUT2D eigenvalue weighted by Crippen LogP contribution is -2.36. The van der Waals surface area contributed by atoms with Crippen LogP contribution in [0.4, 0.5) is 0 Å². The maximum absolute atomic E-state index is 13.5. The number of nitrogens with zero attached hydrogens (tertiary/aromatic N) is 4. The van der Waals surface area contributed by atoms with Crippen molar-refractivity contribution < 1.29 is 9.53 Å². The maximum atomic E-state index is 13.5. The Labute approximate surface area is 178 Å². The predicted molar refractivity (Wildman–Crippen MR) is 117 cm³/mol. The first-order chi connectivity index (χ1) is 15.2. The van der Waals surface area contributed by atoms with Gasteiger partial charge in [-0.1, -0.05) is 12.1 Å². The molecule has 158 valence electrons. The first kappa shape index (κ1) is 19.4. The van der Waals surface area contributed by atoms with Gasteiger partial charge in [0.25, 0.3) is 11.5 Å². The highest BCUT2D eigenvalue weighted by Crippen LogP contribution is 2.33. The molecular weight excluding hydrogens is 394 g/mol. The fourth-order valence-electron chi connectivity index (χ4n) is 4.40. The van der Waals surface area contributed by atoms with Gasteiger partial charge in [-0.25, -0.2) is 9.97 Å². The average Bonchev–Trinajstić information content (AvgIpc) is 3.45. The van der Waals surface area contributed by atoms with Crippen LogP contribution in [-0.4, -0.2) is 50.6 Å². The fraction of sp³-hybridized carbons (Fsp3) is 0.304. The molecule has 0 aliphatic carbocycles. The molecule has 4 aromatic rings. The van der Waals surface area contributed by atoms with Crippen LogP contribution in [0.5, 0.6) is 0 Å². The molecule has 1 atom stereocenters. The molecule has 1 aromatic carbocycles. The minimum Gasteiger partial charge on any atom is -0.383 e. The summed E-state index contributed by atoms with van der Waals surface area (Å²) in [6.07, 6.45) is 5.01. The van der Waals surface area contributed by atoms with Gasteiger partial charge in [0.1, 0.15) is 11.5 Å². The van der Waals surface area contributed by atoms with Crippen molar-refractivity contribution in [2.45, 2.75) is 25.4 Å². The van der Waals surface area contributed by atoms with Crippen LogP contribution in [0.3, 0.4) is 0 Å². The number of carbonyl (C=O) groups excluding carboxylic acids is 1. The Hall–Kier alpha value is -3.52. The topological polar surface area (TPSA) is 93.1 Å². The van der Waals surface area contributed by atoms with E-state index in [4.69, 9.17) is 9.72 Å². The molecule has 1 N–H and O–H groups in total. The zero-order chi connectivity index (χ0) is 21.4. The van der Waals surface area contributed by atoms with Crippen molar-refractivity contribution in [2.24, 2.45) is 0 Å². The summed E-state index contributed by atoms with van der Waals surface area (Å²) in [6, 6.07) is 10.8. The van der Waals surface area contributed by atoms with E-state index >= 15 is 0 Å². The third-order valence-corrected chi connectivity index (χ3v) is 5.90. The second kappa shape index (κ2) is 7.96. The normalized spacial score (nSPS) is 16.4. The predicted octanol–water partition coefficient (Wildman–Crippen LogP) is 2.90. The molecule has 8 nitrogen and oxygen atoms in total. The molecule has 1 fully saturated rings. The van der Waals surface area contributed by atoms with Crippen LogP contribution >= 0.6 is 0 Å². The van der Waals surface area contributed by atoms with E-state index in [1.54, 1.807) is 30.1 Å². The Balaban J connectivity index is 1.60.